The summed E-state index contributed by atoms with van der Waals surface area (Å²) in [6, 6.07) is 10.3. The zero-order valence-corrected chi connectivity index (χ0v) is 15.3. The normalized spacial score (nSPS) is 13.2. The van der Waals surface area contributed by atoms with Gasteiger partial charge in [0.2, 0.25) is 5.91 Å². The van der Waals surface area contributed by atoms with Gasteiger partial charge in [0.05, 0.1) is 10.5 Å². The molecule has 0 bridgehead atoms. The molecule has 1 fully saturated rings. The first-order valence-electron chi connectivity index (χ1n) is 8.76. The number of hydrogen-bond donors (Lipinski definition) is 2. The van der Waals surface area contributed by atoms with E-state index in [4.69, 9.17) is 10.5 Å². The SMILES string of the molecule is Nc1ccc(C(=O)OCC(=O)Nc2cccc(N3CCCC3=O)c2)cc1[N+](=O)[O-]. The smallest absolute Gasteiger partial charge is 0.338 e. The van der Waals surface area contributed by atoms with Crippen LogP contribution in [0.2, 0.25) is 0 Å². The molecule has 1 heterocycles. The van der Waals surface area contributed by atoms with Crippen LogP contribution in [0.4, 0.5) is 22.7 Å². The van der Waals surface area contributed by atoms with E-state index in [0.29, 0.717) is 24.3 Å². The van der Waals surface area contributed by atoms with Crippen molar-refractivity contribution in [1.29, 1.82) is 0 Å². The Morgan fingerprint density at radius 2 is 2.03 bits per heavy atom. The molecule has 0 atom stereocenters. The highest BCUT2D eigenvalue weighted by Crippen LogP contribution is 2.24. The van der Waals surface area contributed by atoms with E-state index in [2.05, 4.69) is 5.32 Å². The van der Waals surface area contributed by atoms with Crippen LogP contribution < -0.4 is 16.0 Å². The topological polar surface area (TPSA) is 145 Å². The number of nitrogen functional groups attached to an aromatic ring is 1. The lowest BCUT2D eigenvalue weighted by molar-refractivity contribution is -0.383. The number of nitrogens with one attached hydrogen (secondary N) is 1. The van der Waals surface area contributed by atoms with E-state index in [1.165, 1.54) is 12.1 Å². The molecular formula is C19H18N4O6. The van der Waals surface area contributed by atoms with Crippen LogP contribution >= 0.6 is 0 Å². The van der Waals surface area contributed by atoms with Crippen molar-refractivity contribution in [3.63, 3.8) is 0 Å². The molecule has 0 aliphatic carbocycles. The summed E-state index contributed by atoms with van der Waals surface area (Å²) in [4.78, 5) is 47.8. The van der Waals surface area contributed by atoms with Crippen LogP contribution in [0.25, 0.3) is 0 Å². The third kappa shape index (κ3) is 4.67. The minimum atomic E-state index is -0.889. The number of hydrogen-bond acceptors (Lipinski definition) is 7. The van der Waals surface area contributed by atoms with E-state index in [0.717, 1.165) is 12.5 Å². The molecule has 2 amide bonds. The highest BCUT2D eigenvalue weighted by molar-refractivity contribution is 5.98. The molecule has 1 aliphatic rings. The minimum Gasteiger partial charge on any atom is -0.452 e. The number of nitrogens with two attached hydrogens (primary N) is 1. The third-order valence-corrected chi connectivity index (χ3v) is 4.31. The van der Waals surface area contributed by atoms with Crippen molar-refractivity contribution in [1.82, 2.24) is 0 Å². The zero-order valence-electron chi connectivity index (χ0n) is 15.3. The van der Waals surface area contributed by atoms with Gasteiger partial charge in [-0.1, -0.05) is 6.07 Å². The first-order valence-corrected chi connectivity index (χ1v) is 8.76. The van der Waals surface area contributed by atoms with Crippen LogP contribution in [0.3, 0.4) is 0 Å². The summed E-state index contributed by atoms with van der Waals surface area (Å²) in [6.45, 7) is 0.0471. The van der Waals surface area contributed by atoms with Gasteiger partial charge in [0.25, 0.3) is 11.6 Å². The van der Waals surface area contributed by atoms with Crippen molar-refractivity contribution in [2.24, 2.45) is 0 Å². The first kappa shape index (κ1) is 19.8. The number of amides is 2. The maximum atomic E-state index is 12.1. The standard InChI is InChI=1S/C19H18N4O6/c20-15-7-6-12(9-16(15)23(27)28)19(26)29-11-17(24)21-13-3-1-4-14(10-13)22-8-2-5-18(22)25/h1,3-4,6-7,9-10H,2,5,8,11,20H2,(H,21,24). The van der Waals surface area contributed by atoms with Crippen molar-refractivity contribution in [2.45, 2.75) is 12.8 Å². The fourth-order valence-corrected chi connectivity index (χ4v) is 2.91. The quantitative estimate of drug-likeness (QED) is 0.328. The van der Waals surface area contributed by atoms with E-state index >= 15 is 0 Å². The largest absolute Gasteiger partial charge is 0.452 e. The summed E-state index contributed by atoms with van der Waals surface area (Å²) in [5.74, 6) is -1.45. The average Bonchev–Trinajstić information content (AvgIpc) is 3.12. The van der Waals surface area contributed by atoms with Gasteiger partial charge in [-0.15, -0.1) is 0 Å². The maximum absolute atomic E-state index is 12.1. The lowest BCUT2D eigenvalue weighted by Gasteiger charge is -2.16. The van der Waals surface area contributed by atoms with Gasteiger partial charge in [0.1, 0.15) is 5.69 Å². The molecule has 2 aromatic rings. The molecule has 0 radical (unpaired) electrons. The highest BCUT2D eigenvalue weighted by atomic mass is 16.6. The molecule has 0 saturated carbocycles. The number of carbonyl (C=O) groups excluding carboxylic acids is 3. The summed E-state index contributed by atoms with van der Waals surface area (Å²) < 4.78 is 4.90. The Hall–Kier alpha value is -3.95. The number of esters is 1. The number of rotatable bonds is 6. The molecule has 1 aliphatic heterocycles. The van der Waals surface area contributed by atoms with Crippen LogP contribution in [-0.4, -0.2) is 35.9 Å². The van der Waals surface area contributed by atoms with Gasteiger partial charge in [-0.3, -0.25) is 19.7 Å². The zero-order chi connectivity index (χ0) is 21.0. The lowest BCUT2D eigenvalue weighted by atomic mass is 10.2. The molecule has 29 heavy (non-hydrogen) atoms. The van der Waals surface area contributed by atoms with Crippen molar-refractivity contribution < 1.29 is 24.0 Å². The molecule has 3 N–H and O–H groups in total. The summed E-state index contributed by atoms with van der Waals surface area (Å²) in [5.41, 5.74) is 6.02. The van der Waals surface area contributed by atoms with Crippen molar-refractivity contribution >= 4 is 40.5 Å². The number of nitrogens with zero attached hydrogens (tertiary/aromatic N) is 2. The van der Waals surface area contributed by atoms with Gasteiger partial charge in [-0.2, -0.15) is 0 Å². The molecule has 1 saturated heterocycles. The average molecular weight is 398 g/mol. The third-order valence-electron chi connectivity index (χ3n) is 4.31. The van der Waals surface area contributed by atoms with Gasteiger partial charge in [0.15, 0.2) is 6.61 Å². The monoisotopic (exact) mass is 398 g/mol. The predicted molar refractivity (Wildman–Crippen MR) is 104 cm³/mol. The van der Waals surface area contributed by atoms with Crippen LogP contribution in [0.1, 0.15) is 23.2 Å². The fraction of sp³-hybridized carbons (Fsp3) is 0.211. The fourth-order valence-electron chi connectivity index (χ4n) is 2.91. The number of nitro benzene ring substituents is 1. The molecule has 0 unspecified atom stereocenters. The van der Waals surface area contributed by atoms with E-state index < -0.39 is 29.1 Å². The van der Waals surface area contributed by atoms with Crippen LogP contribution in [0, 0.1) is 10.1 Å². The van der Waals surface area contributed by atoms with Gasteiger partial charge in [-0.05, 0) is 36.8 Å². The van der Waals surface area contributed by atoms with Gasteiger partial charge < -0.3 is 20.7 Å². The Kier molecular flexibility index (Phi) is 5.72. The van der Waals surface area contributed by atoms with Crippen LogP contribution in [0.15, 0.2) is 42.5 Å². The summed E-state index contributed by atoms with van der Waals surface area (Å²) in [7, 11) is 0. The van der Waals surface area contributed by atoms with Crippen molar-refractivity contribution in [2.75, 3.05) is 29.1 Å². The Balaban J connectivity index is 1.59. The lowest BCUT2D eigenvalue weighted by Crippen LogP contribution is -2.24. The second kappa shape index (κ2) is 8.38. The molecule has 2 aromatic carbocycles. The number of nitro groups is 1. The first-order chi connectivity index (χ1) is 13.8. The summed E-state index contributed by atoms with van der Waals surface area (Å²) in [6.07, 6.45) is 1.28. The molecule has 10 nitrogen and oxygen atoms in total. The molecule has 0 spiro atoms. The van der Waals surface area contributed by atoms with Gasteiger partial charge in [0, 0.05) is 30.4 Å². The molecule has 0 aromatic heterocycles. The molecule has 10 heteroatoms. The Morgan fingerprint density at radius 3 is 2.72 bits per heavy atom. The van der Waals surface area contributed by atoms with E-state index in [1.54, 1.807) is 29.2 Å². The number of ether oxygens (including phenoxy) is 1. The predicted octanol–water partition coefficient (Wildman–Crippen LogP) is 2.10. The van der Waals surface area contributed by atoms with Crippen molar-refractivity contribution in [3.8, 4) is 0 Å². The molecular weight excluding hydrogens is 380 g/mol. The van der Waals surface area contributed by atoms with Gasteiger partial charge in [-0.25, -0.2) is 4.79 Å². The van der Waals surface area contributed by atoms with Crippen LogP contribution in [0.5, 0.6) is 0 Å². The van der Waals surface area contributed by atoms with E-state index in [9.17, 15) is 24.5 Å². The summed E-state index contributed by atoms with van der Waals surface area (Å²) in [5, 5.41) is 13.5. The minimum absolute atomic E-state index is 0.0278. The van der Waals surface area contributed by atoms with E-state index in [-0.39, 0.29) is 17.2 Å². The van der Waals surface area contributed by atoms with Gasteiger partial charge >= 0.3 is 5.97 Å². The molecule has 3 rings (SSSR count). The van der Waals surface area contributed by atoms with E-state index in [1.807, 2.05) is 0 Å². The second-order valence-corrected chi connectivity index (χ2v) is 6.35. The maximum Gasteiger partial charge on any atom is 0.338 e. The number of carbonyl (C=O) groups is 3. The highest BCUT2D eigenvalue weighted by Gasteiger charge is 2.22. The van der Waals surface area contributed by atoms with Crippen LogP contribution in [-0.2, 0) is 14.3 Å². The second-order valence-electron chi connectivity index (χ2n) is 6.35. The Morgan fingerprint density at radius 1 is 1.24 bits per heavy atom. The Bertz CT molecular complexity index is 990. The molecule has 150 valence electrons. The summed E-state index contributed by atoms with van der Waals surface area (Å²) >= 11 is 0. The number of benzene rings is 2. The Labute approximate surface area is 165 Å². The number of anilines is 3. The van der Waals surface area contributed by atoms with Crippen molar-refractivity contribution in [3.05, 3.63) is 58.1 Å².